The van der Waals surface area contributed by atoms with Crippen LogP contribution in [0.2, 0.25) is 0 Å². The normalized spacial score (nSPS) is 11.0. The van der Waals surface area contributed by atoms with Crippen molar-refractivity contribution in [3.63, 3.8) is 0 Å². The Morgan fingerprint density at radius 2 is 1.41 bits per heavy atom. The van der Waals surface area contributed by atoms with Crippen molar-refractivity contribution in [3.05, 3.63) is 91.0 Å². The number of hydrogen-bond acceptors (Lipinski definition) is 3. The Kier molecular flexibility index (Phi) is 5.12. The van der Waals surface area contributed by atoms with Gasteiger partial charge in [-0.25, -0.2) is 4.98 Å². The van der Waals surface area contributed by atoms with Crippen molar-refractivity contribution in [2.24, 2.45) is 7.05 Å². The zero-order chi connectivity index (χ0) is 22.1. The topological polar surface area (TPSA) is 36.3 Å². The highest BCUT2D eigenvalue weighted by Gasteiger charge is 2.21. The summed E-state index contributed by atoms with van der Waals surface area (Å²) in [6.07, 6.45) is 0. The number of methoxy groups -OCH3 is 2. The largest absolute Gasteiger partial charge is 0.497 e. The predicted molar refractivity (Wildman–Crippen MR) is 130 cm³/mol. The van der Waals surface area contributed by atoms with Crippen molar-refractivity contribution < 1.29 is 9.47 Å². The highest BCUT2D eigenvalue weighted by atomic mass is 16.5. The Bertz CT molecular complexity index is 1400. The van der Waals surface area contributed by atoms with Gasteiger partial charge in [0.1, 0.15) is 17.3 Å². The molecule has 4 nitrogen and oxygen atoms in total. The first-order valence-corrected chi connectivity index (χ1v) is 10.5. The number of hydrogen-bond donors (Lipinski definition) is 0. The molecule has 0 radical (unpaired) electrons. The molecule has 0 bridgehead atoms. The number of aromatic nitrogens is 2. The summed E-state index contributed by atoms with van der Waals surface area (Å²) in [5, 5.41) is 2.30. The van der Waals surface area contributed by atoms with Crippen LogP contribution >= 0.6 is 0 Å². The molecule has 0 saturated heterocycles. The second kappa shape index (κ2) is 8.23. The molecule has 0 spiro atoms. The van der Waals surface area contributed by atoms with Crippen LogP contribution < -0.4 is 9.47 Å². The molecule has 158 valence electrons. The van der Waals surface area contributed by atoms with E-state index in [0.29, 0.717) is 0 Å². The monoisotopic (exact) mass is 420 g/mol. The summed E-state index contributed by atoms with van der Waals surface area (Å²) in [5.41, 5.74) is 5.16. The van der Waals surface area contributed by atoms with Gasteiger partial charge in [-0.3, -0.25) is 0 Å². The van der Waals surface area contributed by atoms with Crippen LogP contribution in [0.4, 0.5) is 0 Å². The van der Waals surface area contributed by atoms with E-state index < -0.39 is 0 Å². The van der Waals surface area contributed by atoms with E-state index in [1.165, 1.54) is 0 Å². The zero-order valence-electron chi connectivity index (χ0n) is 18.4. The molecular weight excluding hydrogens is 396 g/mol. The van der Waals surface area contributed by atoms with Crippen LogP contribution in [-0.2, 0) is 7.05 Å². The molecule has 0 aliphatic carbocycles. The average molecular weight is 421 g/mol. The third kappa shape index (κ3) is 3.40. The lowest BCUT2D eigenvalue weighted by atomic mass is 10.0. The third-order valence-corrected chi connectivity index (χ3v) is 5.81. The number of imidazole rings is 1. The maximum atomic E-state index is 5.63. The summed E-state index contributed by atoms with van der Waals surface area (Å²) in [6, 6.07) is 31.0. The molecule has 0 aliphatic heterocycles. The van der Waals surface area contributed by atoms with E-state index in [4.69, 9.17) is 14.5 Å². The fraction of sp³-hybridized carbons (Fsp3) is 0.107. The summed E-state index contributed by atoms with van der Waals surface area (Å²) in [7, 11) is 5.45. The Morgan fingerprint density at radius 3 is 2.19 bits per heavy atom. The summed E-state index contributed by atoms with van der Waals surface area (Å²) >= 11 is 0. The second-order valence-electron chi connectivity index (χ2n) is 7.69. The first-order valence-electron chi connectivity index (χ1n) is 10.5. The number of rotatable bonds is 5. The van der Waals surface area contributed by atoms with E-state index >= 15 is 0 Å². The Balaban J connectivity index is 1.75. The summed E-state index contributed by atoms with van der Waals surface area (Å²) < 4.78 is 13.2. The Morgan fingerprint density at radius 1 is 0.688 bits per heavy atom. The lowest BCUT2D eigenvalue weighted by molar-refractivity contribution is 0.415. The fourth-order valence-electron chi connectivity index (χ4n) is 4.19. The molecule has 0 amide bonds. The molecule has 0 atom stereocenters. The SMILES string of the molecule is COc1ccc2cc(-c3c(-c4ccccc4)nc(-c4ccccc4OC)n3C)ccc2c1. The molecule has 4 aromatic carbocycles. The van der Waals surface area contributed by atoms with Gasteiger partial charge in [-0.2, -0.15) is 0 Å². The minimum Gasteiger partial charge on any atom is -0.497 e. The molecule has 32 heavy (non-hydrogen) atoms. The smallest absolute Gasteiger partial charge is 0.144 e. The highest BCUT2D eigenvalue weighted by molar-refractivity contribution is 5.91. The molecule has 5 rings (SSSR count). The molecule has 0 fully saturated rings. The molecule has 1 heterocycles. The number of para-hydroxylation sites is 1. The minimum atomic E-state index is 0.803. The lowest BCUT2D eigenvalue weighted by Crippen LogP contribution is -1.97. The molecule has 0 saturated carbocycles. The van der Waals surface area contributed by atoms with Crippen LogP contribution in [0.1, 0.15) is 0 Å². The van der Waals surface area contributed by atoms with Gasteiger partial charge in [-0.15, -0.1) is 0 Å². The highest BCUT2D eigenvalue weighted by Crippen LogP contribution is 2.39. The van der Waals surface area contributed by atoms with Gasteiger partial charge in [-0.05, 0) is 41.1 Å². The van der Waals surface area contributed by atoms with Crippen molar-refractivity contribution >= 4 is 10.8 Å². The third-order valence-electron chi connectivity index (χ3n) is 5.81. The minimum absolute atomic E-state index is 0.803. The molecule has 0 unspecified atom stereocenters. The number of ether oxygens (including phenoxy) is 2. The van der Waals surface area contributed by atoms with Crippen LogP contribution in [-0.4, -0.2) is 23.8 Å². The Labute approximate surface area is 187 Å². The van der Waals surface area contributed by atoms with Crippen molar-refractivity contribution in [2.75, 3.05) is 14.2 Å². The summed E-state index contributed by atoms with van der Waals surface area (Å²) in [5.74, 6) is 2.53. The standard InChI is InChI=1S/C28H24N2O2/c1-30-27(22-14-13-21-18-23(31-2)16-15-20(21)17-22)26(19-9-5-4-6-10-19)29-28(30)24-11-7-8-12-25(24)32-3/h4-18H,1-3H3. The quantitative estimate of drug-likeness (QED) is 0.322. The van der Waals surface area contributed by atoms with Crippen molar-refractivity contribution in [2.45, 2.75) is 0 Å². The average Bonchev–Trinajstić information content (AvgIpc) is 3.20. The van der Waals surface area contributed by atoms with Gasteiger partial charge in [-0.1, -0.05) is 60.7 Å². The molecule has 4 heteroatoms. The van der Waals surface area contributed by atoms with Gasteiger partial charge >= 0.3 is 0 Å². The van der Waals surface area contributed by atoms with E-state index in [2.05, 4.69) is 54.1 Å². The maximum Gasteiger partial charge on any atom is 0.144 e. The summed E-state index contributed by atoms with van der Waals surface area (Å²) in [4.78, 5) is 5.11. The predicted octanol–water partition coefficient (Wildman–Crippen LogP) is 6.59. The number of fused-ring (bicyclic) bond motifs is 1. The van der Waals surface area contributed by atoms with Crippen LogP contribution in [0.3, 0.4) is 0 Å². The van der Waals surface area contributed by atoms with E-state index in [1.807, 2.05) is 48.5 Å². The zero-order valence-corrected chi connectivity index (χ0v) is 18.4. The Hall–Kier alpha value is -4.05. The second-order valence-corrected chi connectivity index (χ2v) is 7.69. The van der Waals surface area contributed by atoms with Crippen LogP contribution in [0.15, 0.2) is 91.0 Å². The van der Waals surface area contributed by atoms with Crippen LogP contribution in [0.5, 0.6) is 11.5 Å². The van der Waals surface area contributed by atoms with Gasteiger partial charge in [0.2, 0.25) is 0 Å². The van der Waals surface area contributed by atoms with E-state index in [9.17, 15) is 0 Å². The van der Waals surface area contributed by atoms with Gasteiger partial charge in [0, 0.05) is 18.2 Å². The number of nitrogens with zero attached hydrogens (tertiary/aromatic N) is 2. The molecular formula is C28H24N2O2. The maximum absolute atomic E-state index is 5.63. The van der Waals surface area contributed by atoms with Crippen molar-refractivity contribution in [1.29, 1.82) is 0 Å². The van der Waals surface area contributed by atoms with Gasteiger partial charge in [0.15, 0.2) is 0 Å². The molecule has 0 aliphatic rings. The first kappa shape index (κ1) is 19.9. The van der Waals surface area contributed by atoms with Gasteiger partial charge < -0.3 is 14.0 Å². The first-order chi connectivity index (χ1) is 15.7. The van der Waals surface area contributed by atoms with E-state index in [-0.39, 0.29) is 0 Å². The van der Waals surface area contributed by atoms with Gasteiger partial charge in [0.05, 0.1) is 31.2 Å². The molecule has 1 aromatic heterocycles. The lowest BCUT2D eigenvalue weighted by Gasteiger charge is -2.11. The fourth-order valence-corrected chi connectivity index (χ4v) is 4.19. The van der Waals surface area contributed by atoms with Crippen LogP contribution in [0, 0.1) is 0 Å². The molecule has 5 aromatic rings. The molecule has 0 N–H and O–H groups in total. The van der Waals surface area contributed by atoms with E-state index in [1.54, 1.807) is 14.2 Å². The number of benzene rings is 4. The van der Waals surface area contributed by atoms with Crippen LogP contribution in [0.25, 0.3) is 44.7 Å². The van der Waals surface area contributed by atoms with Crippen molar-refractivity contribution in [1.82, 2.24) is 9.55 Å². The van der Waals surface area contributed by atoms with Crippen molar-refractivity contribution in [3.8, 4) is 45.4 Å². The van der Waals surface area contributed by atoms with E-state index in [0.717, 1.165) is 56.2 Å². The summed E-state index contributed by atoms with van der Waals surface area (Å²) in [6.45, 7) is 0. The van der Waals surface area contributed by atoms with Gasteiger partial charge in [0.25, 0.3) is 0 Å².